The largest absolute Gasteiger partial charge is 0.394 e. The van der Waals surface area contributed by atoms with Crippen molar-refractivity contribution in [1.29, 1.82) is 0 Å². The summed E-state index contributed by atoms with van der Waals surface area (Å²) in [6, 6.07) is 0. The summed E-state index contributed by atoms with van der Waals surface area (Å²) in [6.07, 6.45) is 11.7. The van der Waals surface area contributed by atoms with E-state index in [0.717, 1.165) is 36.0 Å². The van der Waals surface area contributed by atoms with Crippen LogP contribution in [0.4, 0.5) is 0 Å². The first-order valence-electron chi connectivity index (χ1n) is 17.2. The van der Waals surface area contributed by atoms with E-state index in [4.69, 9.17) is 5.11 Å². The molecule has 232 valence electrons. The van der Waals surface area contributed by atoms with Crippen LogP contribution >= 0.6 is 0 Å². The zero-order chi connectivity index (χ0) is 29.5. The van der Waals surface area contributed by atoms with Gasteiger partial charge in [0.05, 0.1) is 12.7 Å². The fourth-order valence-electron chi connectivity index (χ4n) is 13.3. The van der Waals surface area contributed by atoms with Gasteiger partial charge in [0.2, 0.25) is 0 Å². The van der Waals surface area contributed by atoms with Crippen LogP contribution in [0.2, 0.25) is 0 Å². The van der Waals surface area contributed by atoms with Crippen LogP contribution in [0.25, 0.3) is 0 Å². The predicted octanol–water partition coefficient (Wildman–Crippen LogP) is 7.22. The first kappa shape index (κ1) is 31.3. The van der Waals surface area contributed by atoms with E-state index >= 15 is 0 Å². The van der Waals surface area contributed by atoms with Crippen LogP contribution < -0.4 is 0 Å². The summed E-state index contributed by atoms with van der Waals surface area (Å²) in [5, 5.41) is 39.5. The quantitative estimate of drug-likeness (QED) is 0.265. The average Bonchev–Trinajstić information content (AvgIpc) is 3.26. The molecule has 5 fully saturated rings. The van der Waals surface area contributed by atoms with Crippen LogP contribution in [0, 0.1) is 68.5 Å². The zero-order valence-corrected chi connectivity index (χ0v) is 27.3. The van der Waals surface area contributed by atoms with Gasteiger partial charge in [0, 0.05) is 0 Å². The van der Waals surface area contributed by atoms with Gasteiger partial charge in [0.1, 0.15) is 12.2 Å². The molecule has 5 rings (SSSR count). The molecular formula is C36H64O4. The number of hydrogen-bond acceptors (Lipinski definition) is 4. The van der Waals surface area contributed by atoms with Crippen LogP contribution in [-0.2, 0) is 0 Å². The molecule has 0 saturated heterocycles. The maximum atomic E-state index is 10.4. The SMILES string of the molecule is CC(CCC(O)C(O)C(O)CO)[C@H]1CC[C@]2(C)[C@H]3CC[C@@H]4[C@@]5(C)CCC(C)C(C)(C)[C@@H]5CC[C@@]4(C)[C@]3(C)CC[C@@H]12. The third kappa shape index (κ3) is 4.34. The van der Waals surface area contributed by atoms with Crippen molar-refractivity contribution in [3.8, 4) is 0 Å². The summed E-state index contributed by atoms with van der Waals surface area (Å²) in [7, 11) is 0. The van der Waals surface area contributed by atoms with Gasteiger partial charge in [0.25, 0.3) is 0 Å². The minimum atomic E-state index is -1.27. The summed E-state index contributed by atoms with van der Waals surface area (Å²) >= 11 is 0. The van der Waals surface area contributed by atoms with Gasteiger partial charge < -0.3 is 20.4 Å². The fraction of sp³-hybridized carbons (Fsp3) is 1.00. The molecular weight excluding hydrogens is 496 g/mol. The molecule has 0 heterocycles. The van der Waals surface area contributed by atoms with E-state index < -0.39 is 24.9 Å². The Morgan fingerprint density at radius 3 is 1.85 bits per heavy atom. The summed E-state index contributed by atoms with van der Waals surface area (Å²) in [5.74, 6) is 5.28. The molecule has 14 atom stereocenters. The first-order chi connectivity index (χ1) is 18.6. The van der Waals surface area contributed by atoms with Crippen molar-refractivity contribution < 1.29 is 20.4 Å². The van der Waals surface area contributed by atoms with Crippen molar-refractivity contribution in [3.05, 3.63) is 0 Å². The highest BCUT2D eigenvalue weighted by Gasteiger charge is 2.70. The molecule has 5 aliphatic carbocycles. The van der Waals surface area contributed by atoms with Gasteiger partial charge in [-0.25, -0.2) is 0 Å². The Kier molecular flexibility index (Phi) is 8.19. The van der Waals surface area contributed by atoms with E-state index in [1.54, 1.807) is 0 Å². The van der Waals surface area contributed by atoms with E-state index in [0.29, 0.717) is 45.3 Å². The Labute approximate surface area is 246 Å². The molecule has 0 bridgehead atoms. The van der Waals surface area contributed by atoms with Gasteiger partial charge in [-0.05, 0) is 146 Å². The molecule has 40 heavy (non-hydrogen) atoms. The number of rotatable bonds is 7. The molecule has 5 aliphatic rings. The standard InChI is InChI=1S/C36H64O4/c1-22(9-10-26(38)31(40)27(39)21-37)24-14-18-33(5)25(24)15-19-35(7)29(33)11-12-30-34(6)17-13-23(2)32(3,4)28(34)16-20-36(30,35)8/h22-31,37-40H,9-21H2,1-8H3/t22?,23?,24-,25+,26?,27?,28+,29-,30-,31?,33+,34+,35-,36-/m1/s1. The van der Waals surface area contributed by atoms with Gasteiger partial charge in [-0.15, -0.1) is 0 Å². The topological polar surface area (TPSA) is 80.9 Å². The molecule has 4 heteroatoms. The second kappa shape index (κ2) is 10.5. The number of aliphatic hydroxyl groups excluding tert-OH is 4. The molecule has 0 aromatic carbocycles. The fourth-order valence-corrected chi connectivity index (χ4v) is 13.3. The lowest BCUT2D eigenvalue weighted by Gasteiger charge is -2.73. The molecule has 4 nitrogen and oxygen atoms in total. The van der Waals surface area contributed by atoms with E-state index in [9.17, 15) is 15.3 Å². The lowest BCUT2D eigenvalue weighted by molar-refractivity contribution is -0.246. The van der Waals surface area contributed by atoms with Crippen LogP contribution in [0.3, 0.4) is 0 Å². The summed E-state index contributed by atoms with van der Waals surface area (Å²) < 4.78 is 0. The second-order valence-corrected chi connectivity index (χ2v) is 17.6. The number of aliphatic hydroxyl groups is 4. The number of hydrogen-bond donors (Lipinski definition) is 4. The van der Waals surface area contributed by atoms with Gasteiger partial charge in [-0.1, -0.05) is 55.4 Å². The Bertz CT molecular complexity index is 918. The first-order valence-corrected chi connectivity index (χ1v) is 17.2. The smallest absolute Gasteiger partial charge is 0.108 e. The van der Waals surface area contributed by atoms with E-state index in [1.807, 2.05) is 0 Å². The van der Waals surface area contributed by atoms with Crippen molar-refractivity contribution >= 4 is 0 Å². The molecule has 0 amide bonds. The molecule has 0 spiro atoms. The Morgan fingerprint density at radius 2 is 1.23 bits per heavy atom. The molecule has 5 unspecified atom stereocenters. The highest BCUT2D eigenvalue weighted by atomic mass is 16.4. The molecule has 4 N–H and O–H groups in total. The monoisotopic (exact) mass is 560 g/mol. The van der Waals surface area contributed by atoms with Crippen molar-refractivity contribution in [2.45, 2.75) is 151 Å². The van der Waals surface area contributed by atoms with Crippen molar-refractivity contribution in [1.82, 2.24) is 0 Å². The minimum Gasteiger partial charge on any atom is -0.394 e. The minimum absolute atomic E-state index is 0.406. The molecule has 0 aromatic heterocycles. The molecule has 5 saturated carbocycles. The van der Waals surface area contributed by atoms with Crippen LogP contribution in [-0.4, -0.2) is 45.3 Å². The van der Waals surface area contributed by atoms with Gasteiger partial charge in [-0.2, -0.15) is 0 Å². The van der Waals surface area contributed by atoms with E-state index in [1.165, 1.54) is 64.2 Å². The third-order valence-corrected chi connectivity index (χ3v) is 16.2. The number of fused-ring (bicyclic) bond motifs is 7. The molecule has 0 aliphatic heterocycles. The van der Waals surface area contributed by atoms with Gasteiger partial charge in [0.15, 0.2) is 0 Å². The maximum absolute atomic E-state index is 10.4. The lowest BCUT2D eigenvalue weighted by Crippen LogP contribution is -2.66. The van der Waals surface area contributed by atoms with Gasteiger partial charge in [-0.3, -0.25) is 0 Å². The normalized spacial score (nSPS) is 51.0. The van der Waals surface area contributed by atoms with E-state index in [-0.39, 0.29) is 0 Å². The predicted molar refractivity (Wildman–Crippen MR) is 162 cm³/mol. The lowest BCUT2D eigenvalue weighted by atomic mass is 9.31. The zero-order valence-electron chi connectivity index (χ0n) is 27.3. The summed E-state index contributed by atoms with van der Waals surface area (Å²) in [6.45, 7) is 20.4. The average molecular weight is 561 g/mol. The van der Waals surface area contributed by atoms with Gasteiger partial charge >= 0.3 is 0 Å². The molecule has 0 radical (unpaired) electrons. The third-order valence-electron chi connectivity index (χ3n) is 16.2. The van der Waals surface area contributed by atoms with Crippen molar-refractivity contribution in [3.63, 3.8) is 0 Å². The Hall–Kier alpha value is -0.160. The summed E-state index contributed by atoms with van der Waals surface area (Å²) in [5.41, 5.74) is 2.19. The maximum Gasteiger partial charge on any atom is 0.108 e. The van der Waals surface area contributed by atoms with E-state index in [2.05, 4.69) is 55.4 Å². The van der Waals surface area contributed by atoms with Crippen LogP contribution in [0.5, 0.6) is 0 Å². The Balaban J connectivity index is 1.33. The summed E-state index contributed by atoms with van der Waals surface area (Å²) in [4.78, 5) is 0. The van der Waals surface area contributed by atoms with Crippen LogP contribution in [0.1, 0.15) is 132 Å². The molecule has 0 aromatic rings. The van der Waals surface area contributed by atoms with Crippen LogP contribution in [0.15, 0.2) is 0 Å². The highest BCUT2D eigenvalue weighted by molar-refractivity contribution is 5.19. The van der Waals surface area contributed by atoms with Crippen molar-refractivity contribution in [2.24, 2.45) is 68.5 Å². The highest BCUT2D eigenvalue weighted by Crippen LogP contribution is 2.78. The second-order valence-electron chi connectivity index (χ2n) is 17.6. The Morgan fingerprint density at radius 1 is 0.650 bits per heavy atom. The van der Waals surface area contributed by atoms with Crippen molar-refractivity contribution in [2.75, 3.05) is 6.61 Å².